The molecule has 0 heterocycles. The van der Waals surface area contributed by atoms with Gasteiger partial charge in [0.2, 0.25) is 5.78 Å². The van der Waals surface area contributed by atoms with Crippen LogP contribution in [0.3, 0.4) is 0 Å². The number of benzene rings is 2. The van der Waals surface area contributed by atoms with Crippen LogP contribution in [0.25, 0.3) is 0 Å². The van der Waals surface area contributed by atoms with E-state index in [9.17, 15) is 14.9 Å². The third-order valence-electron chi connectivity index (χ3n) is 5.09. The molecule has 0 bridgehead atoms. The number of hydrogen-bond donors (Lipinski definition) is 0. The number of Topliss-reactive ketones (excluding diaryl/α,β-unsaturated/α-hetero) is 1. The Morgan fingerprint density at radius 3 is 1.86 bits per heavy atom. The van der Waals surface area contributed by atoms with Crippen LogP contribution in [0, 0.1) is 11.3 Å². The fourth-order valence-electron chi connectivity index (χ4n) is 3.61. The topological polar surface area (TPSA) is 64.4 Å². The number of urea groups is 1. The number of nitriles is 1. The Morgan fingerprint density at radius 2 is 1.41 bits per heavy atom. The summed E-state index contributed by atoms with van der Waals surface area (Å²) in [5, 5.41) is 10.3. The van der Waals surface area contributed by atoms with Gasteiger partial charge in [-0.1, -0.05) is 60.7 Å². The molecule has 5 nitrogen and oxygen atoms in total. The summed E-state index contributed by atoms with van der Waals surface area (Å²) in [7, 11) is 1.55. The third-order valence-corrected chi connectivity index (χ3v) is 5.09. The van der Waals surface area contributed by atoms with E-state index in [0.717, 1.165) is 5.56 Å². The van der Waals surface area contributed by atoms with Gasteiger partial charge in [-0.05, 0) is 33.3 Å². The summed E-state index contributed by atoms with van der Waals surface area (Å²) < 4.78 is 0. The van der Waals surface area contributed by atoms with E-state index in [1.807, 2.05) is 64.1 Å². The average molecular weight is 392 g/mol. The number of rotatable bonds is 7. The molecule has 2 rings (SSSR count). The smallest absolute Gasteiger partial charge is 0.320 e. The van der Waals surface area contributed by atoms with Crippen LogP contribution < -0.4 is 0 Å². The second-order valence-electron chi connectivity index (χ2n) is 7.77. The Bertz CT molecular complexity index is 864. The lowest BCUT2D eigenvalue weighted by molar-refractivity contribution is 0.0695. The van der Waals surface area contributed by atoms with Gasteiger partial charge in [-0.15, -0.1) is 0 Å². The van der Waals surface area contributed by atoms with Crippen molar-refractivity contribution < 1.29 is 9.59 Å². The summed E-state index contributed by atoms with van der Waals surface area (Å²) >= 11 is 0. The zero-order valence-electron chi connectivity index (χ0n) is 17.8. The highest BCUT2D eigenvalue weighted by molar-refractivity contribution is 6.07. The Labute approximate surface area is 173 Å². The van der Waals surface area contributed by atoms with Gasteiger partial charge in [0.15, 0.2) is 5.54 Å². The van der Waals surface area contributed by atoms with E-state index in [0.29, 0.717) is 5.56 Å². The van der Waals surface area contributed by atoms with Gasteiger partial charge in [0.25, 0.3) is 0 Å². The highest BCUT2D eigenvalue weighted by Crippen LogP contribution is 2.27. The number of carbonyl (C=O) groups is 2. The number of likely N-dealkylation sites (N-methyl/N-ethyl adjacent to an activating group) is 1. The number of hydrogen-bond acceptors (Lipinski definition) is 3. The quantitative estimate of drug-likeness (QED) is 0.651. The minimum absolute atomic E-state index is 0.0649. The standard InChI is InChI=1S/C24H29N3O2/c1-18(2)27(19(3)4)23(29)26(5)24(17-25,16-20-12-8-6-9-13-20)22(28)21-14-10-7-11-15-21/h6-15,18-19H,16H2,1-5H3. The van der Waals surface area contributed by atoms with E-state index >= 15 is 0 Å². The maximum Gasteiger partial charge on any atom is 0.321 e. The highest BCUT2D eigenvalue weighted by atomic mass is 16.2. The normalized spacial score (nSPS) is 12.9. The van der Waals surface area contributed by atoms with Crippen molar-refractivity contribution in [3.8, 4) is 6.07 Å². The number of carbonyl (C=O) groups excluding carboxylic acids is 2. The van der Waals surface area contributed by atoms with Gasteiger partial charge < -0.3 is 9.80 Å². The molecule has 0 aromatic heterocycles. The molecule has 0 spiro atoms. The molecule has 0 radical (unpaired) electrons. The summed E-state index contributed by atoms with van der Waals surface area (Å²) in [5.41, 5.74) is -0.425. The van der Waals surface area contributed by atoms with Gasteiger partial charge in [0, 0.05) is 31.1 Å². The predicted octanol–water partition coefficient (Wildman–Crippen LogP) is 4.54. The van der Waals surface area contributed by atoms with Crippen LogP contribution in [0.2, 0.25) is 0 Å². The first-order chi connectivity index (χ1) is 13.7. The van der Waals surface area contributed by atoms with E-state index in [-0.39, 0.29) is 30.3 Å². The van der Waals surface area contributed by atoms with E-state index < -0.39 is 5.54 Å². The summed E-state index contributed by atoms with van der Waals surface area (Å²) in [6.07, 6.45) is 0.115. The predicted molar refractivity (Wildman–Crippen MR) is 115 cm³/mol. The fraction of sp³-hybridized carbons (Fsp3) is 0.375. The van der Waals surface area contributed by atoms with Gasteiger partial charge in [0.1, 0.15) is 0 Å². The molecule has 0 saturated heterocycles. The maximum atomic E-state index is 13.6. The highest BCUT2D eigenvalue weighted by Gasteiger charge is 2.47. The Kier molecular flexibility index (Phi) is 7.17. The second-order valence-corrected chi connectivity index (χ2v) is 7.77. The van der Waals surface area contributed by atoms with E-state index in [1.54, 1.807) is 36.2 Å². The first kappa shape index (κ1) is 22.2. The Morgan fingerprint density at radius 1 is 0.931 bits per heavy atom. The average Bonchev–Trinajstić information content (AvgIpc) is 2.72. The molecule has 1 unspecified atom stereocenters. The van der Waals surface area contributed by atoms with Crippen LogP contribution >= 0.6 is 0 Å². The van der Waals surface area contributed by atoms with Crippen LogP contribution in [0.1, 0.15) is 43.6 Å². The molecular formula is C24H29N3O2. The van der Waals surface area contributed by atoms with Gasteiger partial charge in [0.05, 0.1) is 6.07 Å². The minimum atomic E-state index is -1.65. The van der Waals surface area contributed by atoms with Gasteiger partial charge >= 0.3 is 6.03 Å². The zero-order valence-corrected chi connectivity index (χ0v) is 17.8. The summed E-state index contributed by atoms with van der Waals surface area (Å²) in [5.74, 6) is -0.382. The number of nitrogens with zero attached hydrogens (tertiary/aromatic N) is 3. The van der Waals surface area contributed by atoms with Crippen LogP contribution in [0.5, 0.6) is 0 Å². The lowest BCUT2D eigenvalue weighted by atomic mass is 9.83. The van der Waals surface area contributed by atoms with Crippen LogP contribution in [-0.4, -0.2) is 46.3 Å². The fourth-order valence-corrected chi connectivity index (χ4v) is 3.61. The molecule has 2 aromatic carbocycles. The van der Waals surface area contributed by atoms with Crippen LogP contribution in [-0.2, 0) is 6.42 Å². The molecule has 0 aliphatic rings. The minimum Gasteiger partial charge on any atom is -0.320 e. The largest absolute Gasteiger partial charge is 0.321 e. The molecule has 0 aliphatic carbocycles. The van der Waals surface area contributed by atoms with E-state index in [1.165, 1.54) is 4.90 Å². The molecule has 5 heteroatoms. The van der Waals surface area contributed by atoms with Gasteiger partial charge in [-0.3, -0.25) is 4.79 Å². The van der Waals surface area contributed by atoms with E-state index in [4.69, 9.17) is 0 Å². The summed E-state index contributed by atoms with van der Waals surface area (Å²) in [6.45, 7) is 7.71. The molecule has 1 atom stereocenters. The van der Waals surface area contributed by atoms with E-state index in [2.05, 4.69) is 6.07 Å². The van der Waals surface area contributed by atoms with Gasteiger partial charge in [-0.25, -0.2) is 4.79 Å². The lowest BCUT2D eigenvalue weighted by Gasteiger charge is -2.41. The SMILES string of the molecule is CC(C)N(C(=O)N(C)C(C#N)(Cc1ccccc1)C(=O)c1ccccc1)C(C)C. The molecule has 0 fully saturated rings. The van der Waals surface area contributed by atoms with Crippen molar-refractivity contribution in [2.45, 2.75) is 51.7 Å². The Balaban J connectivity index is 2.57. The zero-order chi connectivity index (χ0) is 21.6. The van der Waals surface area contributed by atoms with Crippen molar-refractivity contribution in [2.24, 2.45) is 0 Å². The molecule has 0 N–H and O–H groups in total. The molecule has 0 saturated carbocycles. The van der Waals surface area contributed by atoms with Crippen molar-refractivity contribution in [1.29, 1.82) is 5.26 Å². The first-order valence-corrected chi connectivity index (χ1v) is 9.85. The molecule has 152 valence electrons. The number of amides is 2. The monoisotopic (exact) mass is 391 g/mol. The second kappa shape index (κ2) is 9.38. The van der Waals surface area contributed by atoms with Crippen molar-refractivity contribution in [3.05, 3.63) is 71.8 Å². The lowest BCUT2D eigenvalue weighted by Crippen LogP contribution is -2.61. The van der Waals surface area contributed by atoms with Crippen LogP contribution in [0.15, 0.2) is 60.7 Å². The molecule has 2 aromatic rings. The van der Waals surface area contributed by atoms with Crippen molar-refractivity contribution >= 4 is 11.8 Å². The van der Waals surface area contributed by atoms with Crippen molar-refractivity contribution in [3.63, 3.8) is 0 Å². The molecule has 2 amide bonds. The summed E-state index contributed by atoms with van der Waals surface area (Å²) in [4.78, 5) is 30.0. The first-order valence-electron chi connectivity index (χ1n) is 9.85. The Hall–Kier alpha value is -3.13. The maximum absolute atomic E-state index is 13.6. The third kappa shape index (κ3) is 4.65. The number of ketones is 1. The van der Waals surface area contributed by atoms with Gasteiger partial charge in [-0.2, -0.15) is 5.26 Å². The van der Waals surface area contributed by atoms with Crippen molar-refractivity contribution in [1.82, 2.24) is 9.80 Å². The molecule has 29 heavy (non-hydrogen) atoms. The van der Waals surface area contributed by atoms with Crippen molar-refractivity contribution in [2.75, 3.05) is 7.05 Å². The van der Waals surface area contributed by atoms with Crippen LogP contribution in [0.4, 0.5) is 4.79 Å². The molecule has 0 aliphatic heterocycles. The molecular weight excluding hydrogens is 362 g/mol. The summed E-state index contributed by atoms with van der Waals surface area (Å²) in [6, 6.07) is 19.8.